The minimum atomic E-state index is -0.163. The van der Waals surface area contributed by atoms with Crippen LogP contribution in [0.4, 0.5) is 4.39 Å². The van der Waals surface area contributed by atoms with Crippen molar-refractivity contribution in [3.63, 3.8) is 0 Å². The number of fused-ring (bicyclic) bond motifs is 3. The molecular formula is C18H13F. The second kappa shape index (κ2) is 3.92. The van der Waals surface area contributed by atoms with Crippen LogP contribution in [0.25, 0.3) is 10.8 Å². The van der Waals surface area contributed by atoms with Crippen LogP contribution in [0.3, 0.4) is 0 Å². The molecule has 0 saturated carbocycles. The molecule has 1 aliphatic carbocycles. The molecule has 92 valence electrons. The maximum absolute atomic E-state index is 13.3. The van der Waals surface area contributed by atoms with Gasteiger partial charge in [-0.05, 0) is 58.0 Å². The van der Waals surface area contributed by atoms with Gasteiger partial charge < -0.3 is 0 Å². The topological polar surface area (TPSA) is 0 Å². The van der Waals surface area contributed by atoms with Crippen molar-refractivity contribution in [2.75, 3.05) is 0 Å². The smallest absolute Gasteiger partial charge is 0.123 e. The molecule has 0 spiro atoms. The average molecular weight is 248 g/mol. The predicted octanol–water partition coefficient (Wildman–Crippen LogP) is 4.47. The third-order valence-electron chi connectivity index (χ3n) is 4.00. The summed E-state index contributed by atoms with van der Waals surface area (Å²) < 4.78 is 13.3. The highest BCUT2D eigenvalue weighted by molar-refractivity contribution is 5.84. The summed E-state index contributed by atoms with van der Waals surface area (Å²) in [5.41, 5.74) is 5.51. The van der Waals surface area contributed by atoms with Crippen LogP contribution >= 0.6 is 0 Å². The van der Waals surface area contributed by atoms with Crippen LogP contribution in [0.15, 0.2) is 54.6 Å². The maximum Gasteiger partial charge on any atom is 0.123 e. The Hall–Kier alpha value is -2.15. The van der Waals surface area contributed by atoms with E-state index in [0.29, 0.717) is 0 Å². The average Bonchev–Trinajstić information content (AvgIpc) is 2.43. The van der Waals surface area contributed by atoms with E-state index in [9.17, 15) is 4.39 Å². The molecule has 0 nitrogen and oxygen atoms in total. The molecule has 3 aromatic rings. The van der Waals surface area contributed by atoms with Gasteiger partial charge in [-0.3, -0.25) is 0 Å². The van der Waals surface area contributed by atoms with E-state index >= 15 is 0 Å². The van der Waals surface area contributed by atoms with E-state index in [2.05, 4.69) is 36.4 Å². The molecule has 0 atom stereocenters. The lowest BCUT2D eigenvalue weighted by molar-refractivity contribution is 0.629. The van der Waals surface area contributed by atoms with Crippen molar-refractivity contribution in [2.24, 2.45) is 0 Å². The van der Waals surface area contributed by atoms with Crippen LogP contribution in [0.2, 0.25) is 0 Å². The summed E-state index contributed by atoms with van der Waals surface area (Å²) >= 11 is 0. The molecule has 0 heterocycles. The van der Waals surface area contributed by atoms with Gasteiger partial charge >= 0.3 is 0 Å². The molecule has 0 N–H and O–H groups in total. The zero-order valence-corrected chi connectivity index (χ0v) is 10.5. The fourth-order valence-corrected chi connectivity index (χ4v) is 3.00. The van der Waals surface area contributed by atoms with Gasteiger partial charge in [0.2, 0.25) is 0 Å². The lowest BCUT2D eigenvalue weighted by atomic mass is 9.85. The van der Waals surface area contributed by atoms with Gasteiger partial charge in [-0.1, -0.05) is 42.5 Å². The third-order valence-corrected chi connectivity index (χ3v) is 4.00. The van der Waals surface area contributed by atoms with Crippen LogP contribution in [0.5, 0.6) is 0 Å². The van der Waals surface area contributed by atoms with Crippen molar-refractivity contribution < 1.29 is 4.39 Å². The van der Waals surface area contributed by atoms with Gasteiger partial charge in [-0.2, -0.15) is 0 Å². The lowest BCUT2D eigenvalue weighted by Gasteiger charge is -2.20. The molecule has 4 rings (SSSR count). The van der Waals surface area contributed by atoms with Crippen molar-refractivity contribution in [3.8, 4) is 0 Å². The van der Waals surface area contributed by atoms with Crippen molar-refractivity contribution in [2.45, 2.75) is 12.8 Å². The molecule has 19 heavy (non-hydrogen) atoms. The summed E-state index contributed by atoms with van der Waals surface area (Å²) in [7, 11) is 0. The molecule has 0 saturated heterocycles. The Balaban J connectivity index is 1.91. The molecular weight excluding hydrogens is 235 g/mol. The van der Waals surface area contributed by atoms with Gasteiger partial charge in [0.25, 0.3) is 0 Å². The van der Waals surface area contributed by atoms with Crippen molar-refractivity contribution in [1.29, 1.82) is 0 Å². The molecule has 0 bridgehead atoms. The predicted molar refractivity (Wildman–Crippen MR) is 76.0 cm³/mol. The van der Waals surface area contributed by atoms with E-state index in [4.69, 9.17) is 0 Å². The Morgan fingerprint density at radius 3 is 1.95 bits per heavy atom. The standard InChI is InChI=1S/C18H13F/c19-18-6-5-14-9-15-7-12-3-1-2-4-13(12)8-16(15)10-17(14)11-18/h1-6,9-11H,7-8H2. The minimum absolute atomic E-state index is 0.163. The molecule has 3 aromatic carbocycles. The second-order valence-corrected chi connectivity index (χ2v) is 5.23. The van der Waals surface area contributed by atoms with E-state index in [1.807, 2.05) is 6.07 Å². The lowest BCUT2D eigenvalue weighted by Crippen LogP contribution is -2.07. The molecule has 0 radical (unpaired) electrons. The summed E-state index contributed by atoms with van der Waals surface area (Å²) in [6, 6.07) is 17.9. The second-order valence-electron chi connectivity index (χ2n) is 5.23. The molecule has 0 amide bonds. The number of halogens is 1. The van der Waals surface area contributed by atoms with Crippen molar-refractivity contribution >= 4 is 10.8 Å². The van der Waals surface area contributed by atoms with E-state index in [1.165, 1.54) is 28.3 Å². The number of hydrogen-bond donors (Lipinski definition) is 0. The van der Waals surface area contributed by atoms with Gasteiger partial charge in [0.15, 0.2) is 0 Å². The van der Waals surface area contributed by atoms with Crippen LogP contribution < -0.4 is 0 Å². The Kier molecular flexibility index (Phi) is 2.22. The Labute approximate surface area is 111 Å². The van der Waals surface area contributed by atoms with Gasteiger partial charge in [0, 0.05) is 0 Å². The van der Waals surface area contributed by atoms with Gasteiger partial charge in [0.1, 0.15) is 5.82 Å². The summed E-state index contributed by atoms with van der Waals surface area (Å²) in [6.07, 6.45) is 1.94. The quantitative estimate of drug-likeness (QED) is 0.430. The Morgan fingerprint density at radius 1 is 0.632 bits per heavy atom. The number of hydrogen-bond acceptors (Lipinski definition) is 0. The fraction of sp³-hybridized carbons (Fsp3) is 0.111. The summed E-state index contributed by atoms with van der Waals surface area (Å²) in [5, 5.41) is 2.12. The van der Waals surface area contributed by atoms with Crippen LogP contribution in [0, 0.1) is 5.82 Å². The number of benzene rings is 3. The van der Waals surface area contributed by atoms with E-state index < -0.39 is 0 Å². The van der Waals surface area contributed by atoms with Crippen LogP contribution in [0.1, 0.15) is 22.3 Å². The molecule has 1 aliphatic rings. The summed E-state index contributed by atoms with van der Waals surface area (Å²) in [6.45, 7) is 0. The monoisotopic (exact) mass is 248 g/mol. The Morgan fingerprint density at radius 2 is 1.26 bits per heavy atom. The molecule has 0 fully saturated rings. The normalized spacial score (nSPS) is 13.1. The first kappa shape index (κ1) is 10.7. The van der Waals surface area contributed by atoms with E-state index in [-0.39, 0.29) is 5.82 Å². The van der Waals surface area contributed by atoms with E-state index in [0.717, 1.165) is 23.6 Å². The highest BCUT2D eigenvalue weighted by Gasteiger charge is 2.15. The molecule has 0 aliphatic heterocycles. The third kappa shape index (κ3) is 1.74. The summed E-state index contributed by atoms with van der Waals surface area (Å²) in [4.78, 5) is 0. The minimum Gasteiger partial charge on any atom is -0.207 e. The zero-order valence-electron chi connectivity index (χ0n) is 10.5. The first-order chi connectivity index (χ1) is 9.29. The SMILES string of the molecule is Fc1ccc2cc3c(cc2c1)Cc1ccccc1C3. The zero-order chi connectivity index (χ0) is 12.8. The number of rotatable bonds is 0. The maximum atomic E-state index is 13.3. The highest BCUT2D eigenvalue weighted by Crippen LogP contribution is 2.30. The van der Waals surface area contributed by atoms with Gasteiger partial charge in [-0.15, -0.1) is 0 Å². The van der Waals surface area contributed by atoms with E-state index in [1.54, 1.807) is 6.07 Å². The van der Waals surface area contributed by atoms with Crippen LogP contribution in [-0.2, 0) is 12.8 Å². The first-order valence-electron chi connectivity index (χ1n) is 6.57. The van der Waals surface area contributed by atoms with Crippen molar-refractivity contribution in [1.82, 2.24) is 0 Å². The summed E-state index contributed by atoms with van der Waals surface area (Å²) in [5.74, 6) is -0.163. The largest absolute Gasteiger partial charge is 0.207 e. The fourth-order valence-electron chi connectivity index (χ4n) is 3.00. The Bertz CT molecular complexity index is 787. The molecule has 0 aromatic heterocycles. The first-order valence-corrected chi connectivity index (χ1v) is 6.57. The molecule has 1 heteroatoms. The van der Waals surface area contributed by atoms with Crippen molar-refractivity contribution in [3.05, 3.63) is 82.7 Å². The molecule has 0 unspecified atom stereocenters. The van der Waals surface area contributed by atoms with Crippen LogP contribution in [-0.4, -0.2) is 0 Å². The van der Waals surface area contributed by atoms with Gasteiger partial charge in [-0.25, -0.2) is 4.39 Å². The highest BCUT2D eigenvalue weighted by atomic mass is 19.1. The van der Waals surface area contributed by atoms with Gasteiger partial charge in [0.05, 0.1) is 0 Å².